The van der Waals surface area contributed by atoms with E-state index in [4.69, 9.17) is 0 Å². The van der Waals surface area contributed by atoms with Crippen LogP contribution < -0.4 is 5.32 Å². The van der Waals surface area contributed by atoms with Crippen molar-refractivity contribution in [1.82, 2.24) is 20.3 Å². The van der Waals surface area contributed by atoms with Crippen LogP contribution >= 0.6 is 0 Å². The number of halogens is 3. The summed E-state index contributed by atoms with van der Waals surface area (Å²) >= 11 is 0. The Bertz CT molecular complexity index is 714. The zero-order valence-electron chi connectivity index (χ0n) is 13.5. The molecule has 2 aromatic rings. The zero-order chi connectivity index (χ0) is 17.9. The van der Waals surface area contributed by atoms with Crippen molar-refractivity contribution < 1.29 is 18.0 Å². The molecule has 1 aromatic carbocycles. The van der Waals surface area contributed by atoms with Gasteiger partial charge in [-0.1, -0.05) is 24.6 Å². The second-order valence-electron chi connectivity index (χ2n) is 6.31. The van der Waals surface area contributed by atoms with Crippen molar-refractivity contribution in [1.29, 1.82) is 0 Å². The SMILES string of the molecule is O=C(Cc1cnn(-c2ccccc2)n1)N[C@@H]1CCC[C@H](C(F)(F)F)C1. The Morgan fingerprint density at radius 2 is 2.00 bits per heavy atom. The summed E-state index contributed by atoms with van der Waals surface area (Å²) < 4.78 is 38.5. The summed E-state index contributed by atoms with van der Waals surface area (Å²) in [5.41, 5.74) is 1.25. The Morgan fingerprint density at radius 1 is 1.24 bits per heavy atom. The fraction of sp³-hybridized carbons (Fsp3) is 0.471. The molecule has 0 bridgehead atoms. The molecular formula is C17H19F3N4O. The quantitative estimate of drug-likeness (QED) is 0.920. The lowest BCUT2D eigenvalue weighted by Gasteiger charge is -2.30. The molecule has 1 aromatic heterocycles. The Hall–Kier alpha value is -2.38. The van der Waals surface area contributed by atoms with Crippen LogP contribution in [0.3, 0.4) is 0 Å². The summed E-state index contributed by atoms with van der Waals surface area (Å²) in [6, 6.07) is 8.82. The molecule has 1 heterocycles. The molecule has 1 amide bonds. The van der Waals surface area contributed by atoms with Gasteiger partial charge in [0, 0.05) is 6.04 Å². The van der Waals surface area contributed by atoms with Crippen LogP contribution in [0.1, 0.15) is 31.4 Å². The number of nitrogens with one attached hydrogen (secondary N) is 1. The van der Waals surface area contributed by atoms with Gasteiger partial charge in [-0.3, -0.25) is 4.79 Å². The average Bonchev–Trinajstić information content (AvgIpc) is 3.03. The highest BCUT2D eigenvalue weighted by molar-refractivity contribution is 5.78. The summed E-state index contributed by atoms with van der Waals surface area (Å²) in [5, 5.41) is 11.0. The fourth-order valence-electron chi connectivity index (χ4n) is 3.12. The number of benzene rings is 1. The van der Waals surface area contributed by atoms with E-state index in [9.17, 15) is 18.0 Å². The molecule has 3 rings (SSSR count). The zero-order valence-corrected chi connectivity index (χ0v) is 13.5. The molecule has 8 heteroatoms. The number of rotatable bonds is 4. The monoisotopic (exact) mass is 352 g/mol. The number of carbonyl (C=O) groups excluding carboxylic acids is 1. The molecule has 0 unspecified atom stereocenters. The van der Waals surface area contributed by atoms with Gasteiger partial charge in [0.1, 0.15) is 0 Å². The second kappa shape index (κ2) is 7.25. The van der Waals surface area contributed by atoms with Gasteiger partial charge in [-0.25, -0.2) is 0 Å². The van der Waals surface area contributed by atoms with Crippen molar-refractivity contribution in [2.75, 3.05) is 0 Å². The van der Waals surface area contributed by atoms with Gasteiger partial charge < -0.3 is 5.32 Å². The molecule has 134 valence electrons. The summed E-state index contributed by atoms with van der Waals surface area (Å²) in [6.07, 6.45) is -1.56. The maximum Gasteiger partial charge on any atom is 0.391 e. The number of hydrogen-bond donors (Lipinski definition) is 1. The Kier molecular flexibility index (Phi) is 5.06. The highest BCUT2D eigenvalue weighted by atomic mass is 19.4. The van der Waals surface area contributed by atoms with Gasteiger partial charge in [-0.05, 0) is 31.4 Å². The molecule has 0 aliphatic heterocycles. The van der Waals surface area contributed by atoms with Crippen LogP contribution in [0.5, 0.6) is 0 Å². The van der Waals surface area contributed by atoms with Gasteiger partial charge in [0.2, 0.25) is 5.91 Å². The minimum absolute atomic E-state index is 0.0000180. The molecular weight excluding hydrogens is 333 g/mol. The van der Waals surface area contributed by atoms with Gasteiger partial charge >= 0.3 is 6.18 Å². The van der Waals surface area contributed by atoms with Crippen molar-refractivity contribution in [3.8, 4) is 5.69 Å². The van der Waals surface area contributed by atoms with Crippen molar-refractivity contribution in [2.45, 2.75) is 44.3 Å². The number of nitrogens with zero attached hydrogens (tertiary/aromatic N) is 3. The number of alkyl halides is 3. The van der Waals surface area contributed by atoms with E-state index < -0.39 is 18.1 Å². The number of hydrogen-bond acceptors (Lipinski definition) is 3. The first-order valence-electron chi connectivity index (χ1n) is 8.24. The predicted octanol–water partition coefficient (Wildman–Crippen LogP) is 3.05. The van der Waals surface area contributed by atoms with Crippen LogP contribution in [0.15, 0.2) is 36.5 Å². The summed E-state index contributed by atoms with van der Waals surface area (Å²) in [5.74, 6) is -1.65. The molecule has 0 radical (unpaired) electrons. The van der Waals surface area contributed by atoms with Crippen LogP contribution in [0.4, 0.5) is 13.2 Å². The van der Waals surface area contributed by atoms with E-state index in [0.29, 0.717) is 18.5 Å². The van der Waals surface area contributed by atoms with Crippen LogP contribution in [0.2, 0.25) is 0 Å². The van der Waals surface area contributed by atoms with E-state index in [1.54, 1.807) is 0 Å². The molecule has 1 aliphatic rings. The fourth-order valence-corrected chi connectivity index (χ4v) is 3.12. The normalized spacial score (nSPS) is 21.1. The average molecular weight is 352 g/mol. The van der Waals surface area contributed by atoms with Crippen molar-refractivity contribution in [3.05, 3.63) is 42.2 Å². The smallest absolute Gasteiger partial charge is 0.353 e. The molecule has 1 N–H and O–H groups in total. The lowest BCUT2D eigenvalue weighted by molar-refractivity contribution is -0.184. The standard InChI is InChI=1S/C17H19F3N4O/c18-17(19,20)12-5-4-6-13(9-12)22-16(25)10-14-11-21-24(23-14)15-7-2-1-3-8-15/h1-3,7-8,11-13H,4-6,9-10H2,(H,22,25)/t12-,13+/m0/s1. The molecule has 5 nitrogen and oxygen atoms in total. The van der Waals surface area contributed by atoms with E-state index in [0.717, 1.165) is 5.69 Å². The van der Waals surface area contributed by atoms with Crippen LogP contribution in [0, 0.1) is 5.92 Å². The largest absolute Gasteiger partial charge is 0.391 e. The van der Waals surface area contributed by atoms with Gasteiger partial charge in [0.15, 0.2) is 0 Å². The molecule has 2 atom stereocenters. The van der Waals surface area contributed by atoms with Crippen molar-refractivity contribution >= 4 is 5.91 Å². The number of amides is 1. The summed E-state index contributed by atoms with van der Waals surface area (Å²) in [4.78, 5) is 13.5. The molecule has 1 fully saturated rings. The topological polar surface area (TPSA) is 59.8 Å². The van der Waals surface area contributed by atoms with Crippen LogP contribution in [-0.4, -0.2) is 33.1 Å². The minimum Gasteiger partial charge on any atom is -0.353 e. The molecule has 1 saturated carbocycles. The number of para-hydroxylation sites is 1. The summed E-state index contributed by atoms with van der Waals surface area (Å²) in [6.45, 7) is 0. The van der Waals surface area contributed by atoms with Gasteiger partial charge in [0.05, 0.1) is 29.9 Å². The third-order valence-corrected chi connectivity index (χ3v) is 4.37. The van der Waals surface area contributed by atoms with E-state index in [2.05, 4.69) is 15.5 Å². The molecule has 0 spiro atoms. The van der Waals surface area contributed by atoms with E-state index in [1.807, 2.05) is 30.3 Å². The van der Waals surface area contributed by atoms with Crippen LogP contribution in [0.25, 0.3) is 5.69 Å². The maximum absolute atomic E-state index is 12.8. The highest BCUT2D eigenvalue weighted by Gasteiger charge is 2.42. The number of carbonyl (C=O) groups is 1. The third-order valence-electron chi connectivity index (χ3n) is 4.37. The van der Waals surface area contributed by atoms with Gasteiger partial charge in [-0.15, -0.1) is 0 Å². The first kappa shape index (κ1) is 17.4. The Balaban J connectivity index is 1.55. The van der Waals surface area contributed by atoms with Crippen molar-refractivity contribution in [3.63, 3.8) is 0 Å². The van der Waals surface area contributed by atoms with E-state index in [1.165, 1.54) is 11.0 Å². The van der Waals surface area contributed by atoms with E-state index in [-0.39, 0.29) is 25.2 Å². The summed E-state index contributed by atoms with van der Waals surface area (Å²) in [7, 11) is 0. The third kappa shape index (κ3) is 4.58. The van der Waals surface area contributed by atoms with Gasteiger partial charge in [0.25, 0.3) is 0 Å². The van der Waals surface area contributed by atoms with Crippen LogP contribution in [-0.2, 0) is 11.2 Å². The first-order chi connectivity index (χ1) is 11.9. The molecule has 1 aliphatic carbocycles. The highest BCUT2D eigenvalue weighted by Crippen LogP contribution is 2.37. The minimum atomic E-state index is -4.19. The van der Waals surface area contributed by atoms with E-state index >= 15 is 0 Å². The Morgan fingerprint density at radius 3 is 2.72 bits per heavy atom. The van der Waals surface area contributed by atoms with Crippen molar-refractivity contribution in [2.24, 2.45) is 5.92 Å². The lowest BCUT2D eigenvalue weighted by atomic mass is 9.85. The van der Waals surface area contributed by atoms with Gasteiger partial charge in [-0.2, -0.15) is 28.2 Å². The first-order valence-corrected chi connectivity index (χ1v) is 8.24. The second-order valence-corrected chi connectivity index (χ2v) is 6.31. The lowest BCUT2D eigenvalue weighted by Crippen LogP contribution is -2.42. The maximum atomic E-state index is 12.8. The molecule has 25 heavy (non-hydrogen) atoms. The Labute approximate surface area is 143 Å². The molecule has 0 saturated heterocycles. The number of aromatic nitrogens is 3. The predicted molar refractivity (Wildman–Crippen MR) is 85.0 cm³/mol.